The standard InChI is InChI=1S/C46H54N12O2/c1-27(2)39(55-45-47-21-19-29(5)51-45)43(59)57-23-7-9-37(57)41-49-25-35(53-41)33-15-11-31(12-16-33)32-13-17-34(18-14-32)36-26-50-42(54-36)38-10-8-24-58(38)44(60)40(28(3)4)56-46-48-22-20-30(6)52-46/h11-22,25-28,37-40H,7-10,23-24H2,1-6H3,(H,49,53)(H,50,54)(H,47,51,55)(H,48,52,56)/t37?,38?,39-,40-/m0/s1. The monoisotopic (exact) mass is 806 g/mol. The van der Waals surface area contributed by atoms with Crippen LogP contribution in [0.3, 0.4) is 0 Å². The van der Waals surface area contributed by atoms with Crippen LogP contribution in [0.5, 0.6) is 0 Å². The van der Waals surface area contributed by atoms with Gasteiger partial charge < -0.3 is 30.4 Å². The second-order valence-electron chi connectivity index (χ2n) is 16.7. The highest BCUT2D eigenvalue weighted by molar-refractivity contribution is 5.86. The zero-order chi connectivity index (χ0) is 41.9. The van der Waals surface area contributed by atoms with Gasteiger partial charge in [0.15, 0.2) is 0 Å². The van der Waals surface area contributed by atoms with E-state index in [1.165, 1.54) is 0 Å². The van der Waals surface area contributed by atoms with E-state index >= 15 is 0 Å². The van der Waals surface area contributed by atoms with Crippen LogP contribution in [0.15, 0.2) is 85.5 Å². The van der Waals surface area contributed by atoms with Crippen molar-refractivity contribution in [1.29, 1.82) is 0 Å². The average molecular weight is 807 g/mol. The van der Waals surface area contributed by atoms with Crippen LogP contribution in [0, 0.1) is 25.7 Å². The highest BCUT2D eigenvalue weighted by atomic mass is 16.2. The number of carbonyl (C=O) groups excluding carboxylic acids is 2. The Hall–Kier alpha value is -6.44. The van der Waals surface area contributed by atoms with Crippen LogP contribution >= 0.6 is 0 Å². The molecule has 0 saturated carbocycles. The van der Waals surface area contributed by atoms with E-state index in [9.17, 15) is 9.59 Å². The Morgan fingerprint density at radius 1 is 0.583 bits per heavy atom. The molecule has 2 unspecified atom stereocenters. The number of amides is 2. The second kappa shape index (κ2) is 17.4. The smallest absolute Gasteiger partial charge is 0.246 e. The summed E-state index contributed by atoms with van der Waals surface area (Å²) in [5.74, 6) is 2.67. The van der Waals surface area contributed by atoms with Crippen molar-refractivity contribution in [3.05, 3.63) is 108 Å². The molecule has 14 heteroatoms. The van der Waals surface area contributed by atoms with Crippen molar-refractivity contribution in [3.8, 4) is 33.6 Å². The van der Waals surface area contributed by atoms with Crippen molar-refractivity contribution in [2.24, 2.45) is 11.8 Å². The van der Waals surface area contributed by atoms with Gasteiger partial charge in [0.05, 0.1) is 35.9 Å². The topological polar surface area (TPSA) is 174 Å². The molecule has 310 valence electrons. The number of aryl methyl sites for hydroxylation is 2. The lowest BCUT2D eigenvalue weighted by Crippen LogP contribution is -2.45. The highest BCUT2D eigenvalue weighted by Crippen LogP contribution is 2.35. The number of aromatic amines is 2. The zero-order valence-corrected chi connectivity index (χ0v) is 35.2. The van der Waals surface area contributed by atoms with Crippen molar-refractivity contribution in [3.63, 3.8) is 0 Å². The molecule has 2 amide bonds. The van der Waals surface area contributed by atoms with E-state index in [0.29, 0.717) is 25.0 Å². The molecule has 2 aliphatic rings. The Labute approximate surface area is 351 Å². The van der Waals surface area contributed by atoms with Gasteiger partial charge in [0.1, 0.15) is 23.7 Å². The fourth-order valence-electron chi connectivity index (χ4n) is 8.32. The van der Waals surface area contributed by atoms with E-state index in [1.807, 2.05) is 75.9 Å². The number of hydrogen-bond acceptors (Lipinski definition) is 10. The number of nitrogens with zero attached hydrogens (tertiary/aromatic N) is 8. The molecule has 6 heterocycles. The number of imidazole rings is 2. The number of hydrogen-bond donors (Lipinski definition) is 4. The van der Waals surface area contributed by atoms with E-state index in [-0.39, 0.29) is 35.7 Å². The van der Waals surface area contributed by atoms with Gasteiger partial charge in [-0.05, 0) is 85.8 Å². The summed E-state index contributed by atoms with van der Waals surface area (Å²) in [6, 6.07) is 19.4. The molecule has 2 fully saturated rings. The number of H-pyrrole nitrogens is 2. The van der Waals surface area contributed by atoms with Crippen LogP contribution in [0.1, 0.15) is 88.5 Å². The van der Waals surface area contributed by atoms with Crippen LogP contribution in [0.4, 0.5) is 11.9 Å². The summed E-state index contributed by atoms with van der Waals surface area (Å²) in [7, 11) is 0. The molecule has 0 bridgehead atoms. The predicted octanol–water partition coefficient (Wildman–Crippen LogP) is 7.93. The number of likely N-dealkylation sites (tertiary alicyclic amines) is 2. The molecule has 4 aromatic heterocycles. The van der Waals surface area contributed by atoms with Gasteiger partial charge in [-0.2, -0.15) is 0 Å². The first kappa shape index (κ1) is 40.3. The molecule has 2 aromatic carbocycles. The summed E-state index contributed by atoms with van der Waals surface area (Å²) in [4.78, 5) is 66.0. The number of carbonyl (C=O) groups is 2. The maximum absolute atomic E-state index is 13.9. The summed E-state index contributed by atoms with van der Waals surface area (Å²) in [5, 5.41) is 6.59. The molecule has 6 aromatic rings. The maximum atomic E-state index is 13.9. The SMILES string of the molecule is Cc1ccnc(N[C@H](C(=O)N2CCCC2c2ncc(-c3ccc(-c4ccc(-c5cnc(C6CCCN6C(=O)[C@@H](Nc6nccc(C)n6)C(C)C)[nH]5)cc4)cc3)[nH]2)C(C)C)n1. The molecule has 4 N–H and O–H groups in total. The Morgan fingerprint density at radius 3 is 1.33 bits per heavy atom. The van der Waals surface area contributed by atoms with Crippen molar-refractivity contribution in [2.45, 2.75) is 91.4 Å². The number of rotatable bonds is 13. The van der Waals surface area contributed by atoms with Gasteiger partial charge in [-0.3, -0.25) is 9.59 Å². The van der Waals surface area contributed by atoms with Crippen molar-refractivity contribution in [1.82, 2.24) is 49.7 Å². The van der Waals surface area contributed by atoms with Gasteiger partial charge in [-0.1, -0.05) is 76.2 Å². The summed E-state index contributed by atoms with van der Waals surface area (Å²) in [6.45, 7) is 13.3. The lowest BCUT2D eigenvalue weighted by molar-refractivity contribution is -0.134. The molecule has 8 rings (SSSR count). The van der Waals surface area contributed by atoms with Crippen LogP contribution in [-0.2, 0) is 9.59 Å². The Morgan fingerprint density at radius 2 is 0.967 bits per heavy atom. The summed E-state index contributed by atoms with van der Waals surface area (Å²) in [6.07, 6.45) is 10.6. The highest BCUT2D eigenvalue weighted by Gasteiger charge is 2.38. The quantitative estimate of drug-likeness (QED) is 0.0898. The molecule has 0 aliphatic carbocycles. The van der Waals surface area contributed by atoms with E-state index in [1.54, 1.807) is 12.4 Å². The van der Waals surface area contributed by atoms with Gasteiger partial charge >= 0.3 is 0 Å². The van der Waals surface area contributed by atoms with Crippen molar-refractivity contribution >= 4 is 23.7 Å². The average Bonchev–Trinajstić information content (AvgIpc) is 4.09. The third-order valence-corrected chi connectivity index (χ3v) is 11.6. The minimum atomic E-state index is -0.451. The molecule has 60 heavy (non-hydrogen) atoms. The minimum Gasteiger partial charge on any atom is -0.342 e. The minimum absolute atomic E-state index is 0.0323. The van der Waals surface area contributed by atoms with Gasteiger partial charge in [-0.15, -0.1) is 0 Å². The first-order valence-corrected chi connectivity index (χ1v) is 21.1. The predicted molar refractivity (Wildman–Crippen MR) is 232 cm³/mol. The summed E-state index contributed by atoms with van der Waals surface area (Å²) >= 11 is 0. The number of aromatic nitrogens is 8. The van der Waals surface area contributed by atoms with E-state index < -0.39 is 12.1 Å². The third-order valence-electron chi connectivity index (χ3n) is 11.6. The van der Waals surface area contributed by atoms with Crippen LogP contribution in [0.25, 0.3) is 33.6 Å². The third kappa shape index (κ3) is 8.63. The summed E-state index contributed by atoms with van der Waals surface area (Å²) < 4.78 is 0. The lowest BCUT2D eigenvalue weighted by Gasteiger charge is -2.30. The number of benzene rings is 2. The normalized spacial score (nSPS) is 17.7. The molecular formula is C46H54N12O2. The molecule has 14 nitrogen and oxygen atoms in total. The Kier molecular flexibility index (Phi) is 11.7. The van der Waals surface area contributed by atoms with Crippen molar-refractivity contribution in [2.75, 3.05) is 23.7 Å². The number of nitrogens with one attached hydrogen (secondary N) is 4. The van der Waals surface area contributed by atoms with Crippen LogP contribution < -0.4 is 10.6 Å². The largest absolute Gasteiger partial charge is 0.342 e. The van der Waals surface area contributed by atoms with Gasteiger partial charge in [-0.25, -0.2) is 29.9 Å². The van der Waals surface area contributed by atoms with Crippen LogP contribution in [0.2, 0.25) is 0 Å². The fourth-order valence-corrected chi connectivity index (χ4v) is 8.32. The van der Waals surface area contributed by atoms with E-state index in [0.717, 1.165) is 82.4 Å². The maximum Gasteiger partial charge on any atom is 0.246 e. The zero-order valence-electron chi connectivity index (χ0n) is 35.2. The molecule has 0 radical (unpaired) electrons. The molecule has 2 aliphatic heterocycles. The Bertz CT molecular complexity index is 2250. The van der Waals surface area contributed by atoms with Crippen LogP contribution in [-0.4, -0.2) is 86.7 Å². The van der Waals surface area contributed by atoms with Gasteiger partial charge in [0, 0.05) is 36.9 Å². The van der Waals surface area contributed by atoms with E-state index in [2.05, 4.69) is 89.1 Å². The van der Waals surface area contributed by atoms with E-state index in [4.69, 9.17) is 9.97 Å². The van der Waals surface area contributed by atoms with Gasteiger partial charge in [0.2, 0.25) is 23.7 Å². The second-order valence-corrected chi connectivity index (χ2v) is 16.7. The molecular weight excluding hydrogens is 753 g/mol. The number of anilines is 2. The van der Waals surface area contributed by atoms with Crippen molar-refractivity contribution < 1.29 is 9.59 Å². The molecule has 2 saturated heterocycles. The van der Waals surface area contributed by atoms with Gasteiger partial charge in [0.25, 0.3) is 0 Å². The molecule has 4 atom stereocenters. The lowest BCUT2D eigenvalue weighted by atomic mass is 10.0. The first-order chi connectivity index (χ1) is 29.0. The Balaban J connectivity index is 0.910. The molecule has 0 spiro atoms. The summed E-state index contributed by atoms with van der Waals surface area (Å²) in [5.41, 5.74) is 7.74. The first-order valence-electron chi connectivity index (χ1n) is 21.1. The fraction of sp³-hybridized carbons (Fsp3) is 0.391.